The molecule has 0 amide bonds. The Morgan fingerprint density at radius 1 is 1.71 bits per heavy atom. The van der Waals surface area contributed by atoms with Crippen LogP contribution in [-0.4, -0.2) is 29.6 Å². The van der Waals surface area contributed by atoms with Gasteiger partial charge >= 0.3 is 0 Å². The second-order valence-electron chi connectivity index (χ2n) is 2.90. The molecule has 1 rings (SSSR count). The monoisotopic (exact) mass is 194 g/mol. The molecular formula is C9H14N4O. The predicted molar refractivity (Wildman–Crippen MR) is 55.7 cm³/mol. The van der Waals surface area contributed by atoms with Gasteiger partial charge < -0.3 is 15.8 Å². The number of nitrogens with two attached hydrogens (primary N) is 1. The number of oxime groups is 1. The SMILES string of the molecule is CCN(C)c1ccnc(/C(N)=N/O)c1. The van der Waals surface area contributed by atoms with Crippen LogP contribution in [0.4, 0.5) is 5.69 Å². The summed E-state index contributed by atoms with van der Waals surface area (Å²) in [6, 6.07) is 3.65. The van der Waals surface area contributed by atoms with Crippen molar-refractivity contribution in [3.63, 3.8) is 0 Å². The number of hydrogen-bond acceptors (Lipinski definition) is 4. The van der Waals surface area contributed by atoms with Gasteiger partial charge in [-0.2, -0.15) is 0 Å². The van der Waals surface area contributed by atoms with E-state index < -0.39 is 0 Å². The summed E-state index contributed by atoms with van der Waals surface area (Å²) < 4.78 is 0. The van der Waals surface area contributed by atoms with Gasteiger partial charge in [-0.05, 0) is 19.1 Å². The molecule has 0 aromatic carbocycles. The Morgan fingerprint density at radius 2 is 2.43 bits per heavy atom. The van der Waals surface area contributed by atoms with Gasteiger partial charge in [0.1, 0.15) is 5.69 Å². The van der Waals surface area contributed by atoms with Crippen LogP contribution >= 0.6 is 0 Å². The highest BCUT2D eigenvalue weighted by molar-refractivity contribution is 5.95. The summed E-state index contributed by atoms with van der Waals surface area (Å²) >= 11 is 0. The fourth-order valence-electron chi connectivity index (χ4n) is 1.03. The Morgan fingerprint density at radius 3 is 3.00 bits per heavy atom. The molecule has 0 aliphatic heterocycles. The number of amidine groups is 1. The van der Waals surface area contributed by atoms with Crippen molar-refractivity contribution in [1.29, 1.82) is 0 Å². The van der Waals surface area contributed by atoms with Crippen LogP contribution in [0.2, 0.25) is 0 Å². The molecule has 1 aromatic rings. The molecule has 0 spiro atoms. The fraction of sp³-hybridized carbons (Fsp3) is 0.333. The van der Waals surface area contributed by atoms with Crippen LogP contribution in [0.5, 0.6) is 0 Å². The van der Waals surface area contributed by atoms with Crippen molar-refractivity contribution in [2.45, 2.75) is 6.92 Å². The summed E-state index contributed by atoms with van der Waals surface area (Å²) in [4.78, 5) is 6.02. The zero-order chi connectivity index (χ0) is 10.6. The largest absolute Gasteiger partial charge is 0.409 e. The van der Waals surface area contributed by atoms with Crippen molar-refractivity contribution in [3.05, 3.63) is 24.0 Å². The molecule has 76 valence electrons. The third-order valence-electron chi connectivity index (χ3n) is 2.03. The van der Waals surface area contributed by atoms with Crippen LogP contribution in [-0.2, 0) is 0 Å². The summed E-state index contributed by atoms with van der Waals surface area (Å²) in [6.07, 6.45) is 1.63. The standard InChI is InChI=1S/C9H14N4O/c1-3-13(2)7-4-5-11-8(6-7)9(10)12-14/h4-6,14H,3H2,1-2H3,(H2,10,12). The molecule has 0 unspecified atom stereocenters. The maximum atomic E-state index is 8.48. The van der Waals surface area contributed by atoms with E-state index in [9.17, 15) is 0 Å². The molecule has 5 heteroatoms. The van der Waals surface area contributed by atoms with E-state index in [1.807, 2.05) is 24.9 Å². The second-order valence-corrected chi connectivity index (χ2v) is 2.90. The van der Waals surface area contributed by atoms with Crippen molar-refractivity contribution in [2.75, 3.05) is 18.5 Å². The normalized spacial score (nSPS) is 11.4. The van der Waals surface area contributed by atoms with E-state index in [1.54, 1.807) is 12.3 Å². The van der Waals surface area contributed by atoms with Gasteiger partial charge in [0, 0.05) is 25.5 Å². The van der Waals surface area contributed by atoms with Gasteiger partial charge in [0.05, 0.1) is 0 Å². The summed E-state index contributed by atoms with van der Waals surface area (Å²) in [5.41, 5.74) is 6.89. The molecule has 0 fully saturated rings. The Bertz CT molecular complexity index is 337. The average molecular weight is 194 g/mol. The number of hydrogen-bond donors (Lipinski definition) is 2. The van der Waals surface area contributed by atoms with E-state index in [1.165, 1.54) is 0 Å². The molecule has 3 N–H and O–H groups in total. The maximum absolute atomic E-state index is 8.48. The zero-order valence-corrected chi connectivity index (χ0v) is 8.31. The molecule has 0 saturated carbocycles. The number of pyridine rings is 1. The molecule has 0 aliphatic rings. The predicted octanol–water partition coefficient (Wildman–Crippen LogP) is 0.632. The van der Waals surface area contributed by atoms with Gasteiger partial charge in [-0.3, -0.25) is 4.98 Å². The zero-order valence-electron chi connectivity index (χ0n) is 8.31. The van der Waals surface area contributed by atoms with Crippen molar-refractivity contribution >= 4 is 11.5 Å². The minimum Gasteiger partial charge on any atom is -0.409 e. The quantitative estimate of drug-likeness (QED) is 0.320. The maximum Gasteiger partial charge on any atom is 0.188 e. The van der Waals surface area contributed by atoms with Crippen LogP contribution in [0.3, 0.4) is 0 Å². The fourth-order valence-corrected chi connectivity index (χ4v) is 1.03. The third-order valence-corrected chi connectivity index (χ3v) is 2.03. The Hall–Kier alpha value is -1.78. The molecule has 14 heavy (non-hydrogen) atoms. The highest BCUT2D eigenvalue weighted by Crippen LogP contribution is 2.11. The number of nitrogens with zero attached hydrogens (tertiary/aromatic N) is 3. The van der Waals surface area contributed by atoms with E-state index in [-0.39, 0.29) is 5.84 Å². The summed E-state index contributed by atoms with van der Waals surface area (Å²) in [5.74, 6) is 0.0244. The molecule has 1 heterocycles. The van der Waals surface area contributed by atoms with E-state index >= 15 is 0 Å². The number of rotatable bonds is 3. The third kappa shape index (κ3) is 2.12. The van der Waals surface area contributed by atoms with Gasteiger partial charge in [0.25, 0.3) is 0 Å². The lowest BCUT2D eigenvalue weighted by atomic mass is 10.3. The average Bonchev–Trinajstić information content (AvgIpc) is 2.27. The minimum atomic E-state index is 0.0244. The van der Waals surface area contributed by atoms with E-state index in [2.05, 4.69) is 10.1 Å². The lowest BCUT2D eigenvalue weighted by molar-refractivity contribution is 0.318. The first-order valence-corrected chi connectivity index (χ1v) is 4.34. The first-order chi connectivity index (χ1) is 6.69. The molecule has 0 bridgehead atoms. The Kier molecular flexibility index (Phi) is 3.28. The van der Waals surface area contributed by atoms with Gasteiger partial charge in [-0.25, -0.2) is 0 Å². The van der Waals surface area contributed by atoms with Crippen molar-refractivity contribution < 1.29 is 5.21 Å². The van der Waals surface area contributed by atoms with Crippen LogP contribution in [0, 0.1) is 0 Å². The molecular weight excluding hydrogens is 180 g/mol. The molecule has 0 radical (unpaired) electrons. The number of anilines is 1. The summed E-state index contributed by atoms with van der Waals surface area (Å²) in [6.45, 7) is 2.93. The Labute approximate surface area is 82.9 Å². The summed E-state index contributed by atoms with van der Waals surface area (Å²) in [7, 11) is 1.96. The highest BCUT2D eigenvalue weighted by atomic mass is 16.4. The smallest absolute Gasteiger partial charge is 0.188 e. The van der Waals surface area contributed by atoms with E-state index in [0.29, 0.717) is 5.69 Å². The molecule has 0 aliphatic carbocycles. The van der Waals surface area contributed by atoms with Gasteiger partial charge in [0.15, 0.2) is 5.84 Å². The van der Waals surface area contributed by atoms with Crippen LogP contribution in [0.15, 0.2) is 23.5 Å². The van der Waals surface area contributed by atoms with Crippen LogP contribution < -0.4 is 10.6 Å². The first kappa shape index (κ1) is 10.3. The van der Waals surface area contributed by atoms with Gasteiger partial charge in [0.2, 0.25) is 0 Å². The molecule has 5 nitrogen and oxygen atoms in total. The molecule has 0 atom stereocenters. The topological polar surface area (TPSA) is 74.7 Å². The van der Waals surface area contributed by atoms with Crippen molar-refractivity contribution in [3.8, 4) is 0 Å². The Balaban J connectivity index is 3.01. The van der Waals surface area contributed by atoms with Crippen LogP contribution in [0.1, 0.15) is 12.6 Å². The molecule has 1 aromatic heterocycles. The van der Waals surface area contributed by atoms with E-state index in [0.717, 1.165) is 12.2 Å². The van der Waals surface area contributed by atoms with Crippen molar-refractivity contribution in [1.82, 2.24) is 4.98 Å². The van der Waals surface area contributed by atoms with Crippen molar-refractivity contribution in [2.24, 2.45) is 10.9 Å². The summed E-state index contributed by atoms with van der Waals surface area (Å²) in [5, 5.41) is 11.4. The lowest BCUT2D eigenvalue weighted by Gasteiger charge is -2.16. The van der Waals surface area contributed by atoms with Gasteiger partial charge in [-0.15, -0.1) is 0 Å². The highest BCUT2D eigenvalue weighted by Gasteiger charge is 2.03. The minimum absolute atomic E-state index is 0.0244. The van der Waals surface area contributed by atoms with Crippen LogP contribution in [0.25, 0.3) is 0 Å². The first-order valence-electron chi connectivity index (χ1n) is 4.34. The second kappa shape index (κ2) is 4.45. The number of aromatic nitrogens is 1. The lowest BCUT2D eigenvalue weighted by Crippen LogP contribution is -2.19. The van der Waals surface area contributed by atoms with Gasteiger partial charge in [-0.1, -0.05) is 5.16 Å². The van der Waals surface area contributed by atoms with E-state index in [4.69, 9.17) is 10.9 Å². The molecule has 0 saturated heterocycles.